The third-order valence-electron chi connectivity index (χ3n) is 0.875. The van der Waals surface area contributed by atoms with Gasteiger partial charge in [-0.2, -0.15) is 11.8 Å². The zero-order valence-electron chi connectivity index (χ0n) is 5.67. The van der Waals surface area contributed by atoms with Crippen molar-refractivity contribution in [2.75, 3.05) is 18.1 Å². The number of carbonyl (C=O) groups is 1. The molecule has 2 N–H and O–H groups in total. The smallest absolute Gasteiger partial charge is 0.123 e. The Morgan fingerprint density at radius 1 is 1.78 bits per heavy atom. The first kappa shape index (κ1) is 8.98. The van der Waals surface area contributed by atoms with Crippen molar-refractivity contribution in [1.29, 1.82) is 0 Å². The van der Waals surface area contributed by atoms with Gasteiger partial charge < -0.3 is 10.5 Å². The van der Waals surface area contributed by atoms with Crippen molar-refractivity contribution in [3.05, 3.63) is 0 Å². The van der Waals surface area contributed by atoms with E-state index in [9.17, 15) is 4.79 Å². The van der Waals surface area contributed by atoms with Crippen LogP contribution in [0.4, 0.5) is 0 Å². The molecule has 0 rings (SSSR count). The van der Waals surface area contributed by atoms with Crippen LogP contribution in [0.3, 0.4) is 0 Å². The maximum Gasteiger partial charge on any atom is 0.123 e. The topological polar surface area (TPSA) is 43.1 Å². The van der Waals surface area contributed by atoms with Gasteiger partial charge in [-0.15, -0.1) is 0 Å². The van der Waals surface area contributed by atoms with Gasteiger partial charge in [0.1, 0.15) is 6.29 Å². The zero-order valence-corrected chi connectivity index (χ0v) is 6.49. The van der Waals surface area contributed by atoms with Crippen LogP contribution in [0.5, 0.6) is 0 Å². The predicted molar refractivity (Wildman–Crippen MR) is 41.6 cm³/mol. The van der Waals surface area contributed by atoms with Gasteiger partial charge in [0, 0.05) is 24.0 Å². The van der Waals surface area contributed by atoms with Gasteiger partial charge in [-0.05, 0) is 0 Å². The normalized spacial score (nSPS) is 13.1. The third-order valence-corrected chi connectivity index (χ3v) is 2.16. The number of hydrogen-bond donors (Lipinski definition) is 1. The van der Waals surface area contributed by atoms with Crippen LogP contribution in [0.25, 0.3) is 0 Å². The van der Waals surface area contributed by atoms with Crippen LogP contribution >= 0.6 is 11.8 Å². The van der Waals surface area contributed by atoms with Crippen molar-refractivity contribution in [3.8, 4) is 0 Å². The van der Waals surface area contributed by atoms with Crippen molar-refractivity contribution in [2.24, 2.45) is 11.7 Å². The van der Waals surface area contributed by atoms with E-state index in [2.05, 4.69) is 0 Å². The summed E-state index contributed by atoms with van der Waals surface area (Å²) < 4.78 is 0. The number of carbonyl (C=O) groups excluding carboxylic acids is 1. The van der Waals surface area contributed by atoms with Crippen LogP contribution in [0.15, 0.2) is 0 Å². The number of aldehydes is 1. The lowest BCUT2D eigenvalue weighted by Crippen LogP contribution is -2.05. The molecule has 0 saturated heterocycles. The zero-order chi connectivity index (χ0) is 7.11. The third kappa shape index (κ3) is 5.86. The SMILES string of the molecule is CC(C=O)CSCCN. The highest BCUT2D eigenvalue weighted by Crippen LogP contribution is 2.03. The van der Waals surface area contributed by atoms with Gasteiger partial charge in [0.2, 0.25) is 0 Å². The molecular weight excluding hydrogens is 134 g/mol. The molecule has 0 heterocycles. The van der Waals surface area contributed by atoms with Crippen molar-refractivity contribution in [1.82, 2.24) is 0 Å². The van der Waals surface area contributed by atoms with E-state index in [1.165, 1.54) is 0 Å². The van der Waals surface area contributed by atoms with E-state index in [1.54, 1.807) is 11.8 Å². The fraction of sp³-hybridized carbons (Fsp3) is 0.833. The first-order chi connectivity index (χ1) is 4.31. The van der Waals surface area contributed by atoms with Gasteiger partial charge in [0.05, 0.1) is 0 Å². The summed E-state index contributed by atoms with van der Waals surface area (Å²) in [6, 6.07) is 0. The molecule has 9 heavy (non-hydrogen) atoms. The van der Waals surface area contributed by atoms with Gasteiger partial charge in [0.25, 0.3) is 0 Å². The highest BCUT2D eigenvalue weighted by Gasteiger charge is 1.96. The number of nitrogens with two attached hydrogens (primary N) is 1. The molecule has 0 amide bonds. The summed E-state index contributed by atoms with van der Waals surface area (Å²) in [6.45, 7) is 2.62. The predicted octanol–water partition coefficient (Wildman–Crippen LogP) is 0.513. The highest BCUT2D eigenvalue weighted by molar-refractivity contribution is 7.99. The molecule has 0 spiro atoms. The van der Waals surface area contributed by atoms with E-state index in [1.807, 2.05) is 6.92 Å². The second-order valence-corrected chi connectivity index (χ2v) is 3.13. The minimum atomic E-state index is 0.182. The largest absolute Gasteiger partial charge is 0.330 e. The summed E-state index contributed by atoms with van der Waals surface area (Å²) in [6.07, 6.45) is 0.976. The first-order valence-electron chi connectivity index (χ1n) is 3.04. The highest BCUT2D eigenvalue weighted by atomic mass is 32.2. The van der Waals surface area contributed by atoms with Crippen LogP contribution < -0.4 is 5.73 Å². The Labute approximate surface area is 60.2 Å². The van der Waals surface area contributed by atoms with E-state index in [4.69, 9.17) is 5.73 Å². The number of rotatable bonds is 5. The molecular formula is C6H13NOS. The van der Waals surface area contributed by atoms with Crippen molar-refractivity contribution < 1.29 is 4.79 Å². The quantitative estimate of drug-likeness (QED) is 0.455. The summed E-state index contributed by atoms with van der Waals surface area (Å²) in [4.78, 5) is 10.1. The molecule has 54 valence electrons. The molecule has 0 aliphatic carbocycles. The fourth-order valence-corrected chi connectivity index (χ4v) is 1.18. The molecule has 0 aliphatic rings. The average Bonchev–Trinajstić information content (AvgIpc) is 1.89. The molecule has 0 aromatic carbocycles. The summed E-state index contributed by atoms with van der Waals surface area (Å²) in [5, 5.41) is 0. The summed E-state index contributed by atoms with van der Waals surface area (Å²) in [5.41, 5.74) is 5.25. The van der Waals surface area contributed by atoms with E-state index >= 15 is 0 Å². The second-order valence-electron chi connectivity index (χ2n) is 1.98. The molecule has 1 atom stereocenters. The van der Waals surface area contributed by atoms with Crippen molar-refractivity contribution in [3.63, 3.8) is 0 Å². The molecule has 0 aromatic rings. The molecule has 3 heteroatoms. The Balaban J connectivity index is 2.96. The standard InChI is InChI=1S/C6H13NOS/c1-6(4-8)5-9-3-2-7/h4,6H,2-3,5,7H2,1H3. The van der Waals surface area contributed by atoms with Gasteiger partial charge in [-0.3, -0.25) is 0 Å². The lowest BCUT2D eigenvalue weighted by atomic mass is 10.3. The summed E-state index contributed by atoms with van der Waals surface area (Å²) in [5.74, 6) is 2.04. The summed E-state index contributed by atoms with van der Waals surface area (Å²) in [7, 11) is 0. The van der Waals surface area contributed by atoms with Crippen molar-refractivity contribution in [2.45, 2.75) is 6.92 Å². The van der Waals surface area contributed by atoms with Crippen LogP contribution in [-0.2, 0) is 4.79 Å². The number of thioether (sulfide) groups is 1. The lowest BCUT2D eigenvalue weighted by molar-refractivity contribution is -0.110. The molecule has 0 saturated carbocycles. The maximum absolute atomic E-state index is 10.1. The molecule has 0 aromatic heterocycles. The van der Waals surface area contributed by atoms with Gasteiger partial charge in [0.15, 0.2) is 0 Å². The van der Waals surface area contributed by atoms with Crippen LogP contribution in [-0.4, -0.2) is 24.3 Å². The molecule has 1 unspecified atom stereocenters. The molecule has 0 aliphatic heterocycles. The monoisotopic (exact) mass is 147 g/mol. The Kier molecular flexibility index (Phi) is 6.09. The minimum absolute atomic E-state index is 0.182. The Morgan fingerprint density at radius 2 is 2.44 bits per heavy atom. The van der Waals surface area contributed by atoms with Crippen LogP contribution in [0.2, 0.25) is 0 Å². The Morgan fingerprint density at radius 3 is 2.89 bits per heavy atom. The van der Waals surface area contributed by atoms with Gasteiger partial charge >= 0.3 is 0 Å². The van der Waals surface area contributed by atoms with Crippen molar-refractivity contribution >= 4 is 18.0 Å². The second kappa shape index (κ2) is 6.11. The van der Waals surface area contributed by atoms with Crippen LogP contribution in [0, 0.1) is 5.92 Å². The van der Waals surface area contributed by atoms with E-state index in [-0.39, 0.29) is 5.92 Å². The van der Waals surface area contributed by atoms with Crippen LogP contribution in [0.1, 0.15) is 6.92 Å². The number of hydrogen-bond acceptors (Lipinski definition) is 3. The lowest BCUT2D eigenvalue weighted by Gasteiger charge is -1.99. The maximum atomic E-state index is 10.1. The minimum Gasteiger partial charge on any atom is -0.330 e. The van der Waals surface area contributed by atoms with Gasteiger partial charge in [-0.25, -0.2) is 0 Å². The summed E-state index contributed by atoms with van der Waals surface area (Å²) >= 11 is 1.73. The first-order valence-corrected chi connectivity index (χ1v) is 4.19. The fourth-order valence-electron chi connectivity index (χ4n) is 0.392. The molecule has 0 fully saturated rings. The molecule has 2 nitrogen and oxygen atoms in total. The Hall–Kier alpha value is -0.0200. The van der Waals surface area contributed by atoms with E-state index in [0.717, 1.165) is 17.8 Å². The van der Waals surface area contributed by atoms with Gasteiger partial charge in [-0.1, -0.05) is 6.92 Å². The van der Waals surface area contributed by atoms with E-state index < -0.39 is 0 Å². The average molecular weight is 147 g/mol. The molecule has 0 radical (unpaired) electrons. The van der Waals surface area contributed by atoms with E-state index in [0.29, 0.717) is 6.54 Å². The Bertz CT molecular complexity index is 77.5. The molecule has 0 bridgehead atoms.